The highest BCUT2D eigenvalue weighted by Crippen LogP contribution is 2.20. The summed E-state index contributed by atoms with van der Waals surface area (Å²) in [4.78, 5) is 14.0. The summed E-state index contributed by atoms with van der Waals surface area (Å²) < 4.78 is 0. The number of carbonyl (C=O) groups excluding carboxylic acids is 1. The summed E-state index contributed by atoms with van der Waals surface area (Å²) in [6.45, 7) is 0. The summed E-state index contributed by atoms with van der Waals surface area (Å²) >= 11 is 0. The number of carbonyl (C=O) groups is 1. The molecule has 3 rings (SSSR count). The molecule has 0 saturated heterocycles. The third-order valence-electron chi connectivity index (χ3n) is 4.29. The standard InChI is InChI=1S/C18H22N4O/c1-22(15-10-6-3-7-11-15)18(23)16-12-13-17(21-20-16)19-14-8-4-2-5-9-14/h3,6-7,10-14H,2,4-5,8-9H2,1H3,(H,19,21). The molecule has 1 aromatic carbocycles. The first kappa shape index (κ1) is 15.5. The van der Waals surface area contributed by atoms with Gasteiger partial charge in [-0.2, -0.15) is 0 Å². The molecule has 120 valence electrons. The molecule has 0 aliphatic heterocycles. The van der Waals surface area contributed by atoms with E-state index < -0.39 is 0 Å². The predicted octanol–water partition coefficient (Wildman–Crippen LogP) is 3.50. The molecule has 1 saturated carbocycles. The van der Waals surface area contributed by atoms with Crippen molar-refractivity contribution >= 4 is 17.4 Å². The summed E-state index contributed by atoms with van der Waals surface area (Å²) in [5.41, 5.74) is 1.19. The zero-order chi connectivity index (χ0) is 16.1. The van der Waals surface area contributed by atoms with Crippen molar-refractivity contribution in [3.8, 4) is 0 Å². The topological polar surface area (TPSA) is 58.1 Å². The number of amides is 1. The number of rotatable bonds is 4. The van der Waals surface area contributed by atoms with Crippen molar-refractivity contribution in [2.24, 2.45) is 0 Å². The number of nitrogens with zero attached hydrogens (tertiary/aromatic N) is 3. The fraction of sp³-hybridized carbons (Fsp3) is 0.389. The number of benzene rings is 1. The van der Waals surface area contributed by atoms with E-state index in [1.54, 1.807) is 18.0 Å². The number of hydrogen-bond donors (Lipinski definition) is 1. The maximum Gasteiger partial charge on any atom is 0.278 e. The number of anilines is 2. The highest BCUT2D eigenvalue weighted by Gasteiger charge is 2.17. The summed E-state index contributed by atoms with van der Waals surface area (Å²) in [6, 6.07) is 13.6. The van der Waals surface area contributed by atoms with Gasteiger partial charge in [-0.3, -0.25) is 4.79 Å². The molecule has 2 aromatic rings. The molecule has 0 radical (unpaired) electrons. The van der Waals surface area contributed by atoms with Crippen LogP contribution >= 0.6 is 0 Å². The fourth-order valence-corrected chi connectivity index (χ4v) is 2.92. The van der Waals surface area contributed by atoms with Crippen molar-refractivity contribution in [1.29, 1.82) is 0 Å². The van der Waals surface area contributed by atoms with Crippen LogP contribution in [0.15, 0.2) is 42.5 Å². The van der Waals surface area contributed by atoms with Crippen LogP contribution in [0.5, 0.6) is 0 Å². The maximum absolute atomic E-state index is 12.4. The van der Waals surface area contributed by atoms with Gasteiger partial charge in [0.05, 0.1) is 0 Å². The molecule has 5 nitrogen and oxygen atoms in total. The molecular formula is C18H22N4O. The minimum absolute atomic E-state index is 0.159. The van der Waals surface area contributed by atoms with Crippen molar-refractivity contribution in [2.45, 2.75) is 38.1 Å². The van der Waals surface area contributed by atoms with Crippen LogP contribution in [0, 0.1) is 0 Å². The second kappa shape index (κ2) is 7.22. The van der Waals surface area contributed by atoms with Crippen LogP contribution in [-0.4, -0.2) is 29.2 Å². The van der Waals surface area contributed by atoms with Gasteiger partial charge in [0.1, 0.15) is 5.82 Å². The minimum atomic E-state index is -0.159. The SMILES string of the molecule is CN(C(=O)c1ccc(NC2CCCCC2)nn1)c1ccccc1. The van der Waals surface area contributed by atoms with Gasteiger partial charge in [0.25, 0.3) is 5.91 Å². The Labute approximate surface area is 136 Å². The Balaban J connectivity index is 1.65. The molecule has 1 heterocycles. The van der Waals surface area contributed by atoms with Gasteiger partial charge in [0.15, 0.2) is 5.69 Å². The highest BCUT2D eigenvalue weighted by molar-refractivity contribution is 6.04. The van der Waals surface area contributed by atoms with E-state index in [0.29, 0.717) is 11.7 Å². The first-order valence-electron chi connectivity index (χ1n) is 8.17. The van der Waals surface area contributed by atoms with Crippen LogP contribution in [0.3, 0.4) is 0 Å². The van der Waals surface area contributed by atoms with Crippen LogP contribution in [0.25, 0.3) is 0 Å². The summed E-state index contributed by atoms with van der Waals surface area (Å²) in [5.74, 6) is 0.587. The van der Waals surface area contributed by atoms with Crippen LogP contribution in [0.4, 0.5) is 11.5 Å². The maximum atomic E-state index is 12.4. The van der Waals surface area contributed by atoms with Gasteiger partial charge >= 0.3 is 0 Å². The minimum Gasteiger partial charge on any atom is -0.366 e. The average Bonchev–Trinajstić information content (AvgIpc) is 2.63. The Morgan fingerprint density at radius 3 is 2.43 bits per heavy atom. The zero-order valence-electron chi connectivity index (χ0n) is 13.4. The van der Waals surface area contributed by atoms with Crippen molar-refractivity contribution in [3.05, 3.63) is 48.2 Å². The highest BCUT2D eigenvalue weighted by atomic mass is 16.2. The zero-order valence-corrected chi connectivity index (χ0v) is 13.4. The lowest BCUT2D eigenvalue weighted by molar-refractivity contribution is 0.0987. The van der Waals surface area contributed by atoms with Gasteiger partial charge in [-0.15, -0.1) is 10.2 Å². The Bertz CT molecular complexity index is 636. The predicted molar refractivity (Wildman–Crippen MR) is 91.7 cm³/mol. The summed E-state index contributed by atoms with van der Waals surface area (Å²) in [5, 5.41) is 11.7. The van der Waals surface area contributed by atoms with Gasteiger partial charge in [-0.25, -0.2) is 0 Å². The van der Waals surface area contributed by atoms with Gasteiger partial charge in [0.2, 0.25) is 0 Å². The lowest BCUT2D eigenvalue weighted by Gasteiger charge is -2.23. The molecule has 0 spiro atoms. The second-order valence-corrected chi connectivity index (χ2v) is 5.98. The first-order chi connectivity index (χ1) is 11.2. The summed E-state index contributed by atoms with van der Waals surface area (Å²) in [7, 11) is 1.74. The molecule has 1 aliphatic rings. The molecule has 5 heteroatoms. The van der Waals surface area contributed by atoms with E-state index in [4.69, 9.17) is 0 Å². The monoisotopic (exact) mass is 310 g/mol. The molecular weight excluding hydrogens is 288 g/mol. The second-order valence-electron chi connectivity index (χ2n) is 5.98. The van der Waals surface area contributed by atoms with Crippen molar-refractivity contribution in [2.75, 3.05) is 17.3 Å². The Hall–Kier alpha value is -2.43. The van der Waals surface area contributed by atoms with E-state index in [0.717, 1.165) is 11.5 Å². The summed E-state index contributed by atoms with van der Waals surface area (Å²) in [6.07, 6.45) is 6.22. The first-order valence-corrected chi connectivity index (χ1v) is 8.17. The van der Waals surface area contributed by atoms with Crippen LogP contribution in [0.2, 0.25) is 0 Å². The smallest absolute Gasteiger partial charge is 0.278 e. The van der Waals surface area contributed by atoms with Gasteiger partial charge in [0, 0.05) is 18.8 Å². The molecule has 23 heavy (non-hydrogen) atoms. The number of aromatic nitrogens is 2. The lowest BCUT2D eigenvalue weighted by Crippen LogP contribution is -2.27. The van der Waals surface area contributed by atoms with E-state index in [9.17, 15) is 4.79 Å². The molecule has 1 fully saturated rings. The number of nitrogens with one attached hydrogen (secondary N) is 1. The van der Waals surface area contributed by atoms with Gasteiger partial charge in [-0.1, -0.05) is 37.5 Å². The van der Waals surface area contributed by atoms with Gasteiger partial charge in [-0.05, 0) is 37.1 Å². The Morgan fingerprint density at radius 2 is 1.78 bits per heavy atom. The van der Waals surface area contributed by atoms with E-state index >= 15 is 0 Å². The third kappa shape index (κ3) is 3.86. The van der Waals surface area contributed by atoms with E-state index in [2.05, 4.69) is 15.5 Å². The lowest BCUT2D eigenvalue weighted by atomic mass is 9.95. The van der Waals surface area contributed by atoms with E-state index in [1.165, 1.54) is 32.1 Å². The average molecular weight is 310 g/mol. The molecule has 1 aromatic heterocycles. The Morgan fingerprint density at radius 1 is 1.04 bits per heavy atom. The molecule has 1 N–H and O–H groups in total. The van der Waals surface area contributed by atoms with Crippen molar-refractivity contribution < 1.29 is 4.79 Å². The molecule has 1 amide bonds. The molecule has 0 atom stereocenters. The van der Waals surface area contributed by atoms with Crippen molar-refractivity contribution in [3.63, 3.8) is 0 Å². The van der Waals surface area contributed by atoms with E-state index in [1.807, 2.05) is 36.4 Å². The van der Waals surface area contributed by atoms with Gasteiger partial charge < -0.3 is 10.2 Å². The quantitative estimate of drug-likeness (QED) is 0.939. The molecule has 1 aliphatic carbocycles. The van der Waals surface area contributed by atoms with Crippen molar-refractivity contribution in [1.82, 2.24) is 10.2 Å². The largest absolute Gasteiger partial charge is 0.366 e. The fourth-order valence-electron chi connectivity index (χ4n) is 2.92. The van der Waals surface area contributed by atoms with Crippen LogP contribution in [-0.2, 0) is 0 Å². The Kier molecular flexibility index (Phi) is 4.86. The number of hydrogen-bond acceptors (Lipinski definition) is 4. The van der Waals surface area contributed by atoms with Crippen LogP contribution < -0.4 is 10.2 Å². The third-order valence-corrected chi connectivity index (χ3v) is 4.29. The molecule has 0 bridgehead atoms. The van der Waals surface area contributed by atoms with E-state index in [-0.39, 0.29) is 5.91 Å². The normalized spacial score (nSPS) is 15.2. The number of para-hydroxylation sites is 1. The van der Waals surface area contributed by atoms with Crippen LogP contribution in [0.1, 0.15) is 42.6 Å². The molecule has 0 unspecified atom stereocenters.